The third kappa shape index (κ3) is 5.39. The molecule has 0 saturated carbocycles. The second-order valence-electron chi connectivity index (χ2n) is 7.14. The summed E-state index contributed by atoms with van der Waals surface area (Å²) in [5.74, 6) is -0.152. The van der Waals surface area contributed by atoms with Gasteiger partial charge in [-0.15, -0.1) is 11.3 Å². The van der Waals surface area contributed by atoms with Crippen molar-refractivity contribution in [2.45, 2.75) is 25.3 Å². The van der Waals surface area contributed by atoms with Gasteiger partial charge in [-0.25, -0.2) is 13.6 Å². The van der Waals surface area contributed by atoms with Crippen molar-refractivity contribution in [3.05, 3.63) is 45.6 Å². The summed E-state index contributed by atoms with van der Waals surface area (Å²) < 4.78 is 23.3. The van der Waals surface area contributed by atoms with Gasteiger partial charge in [-0.05, 0) is 48.6 Å². The normalized spacial score (nSPS) is 16.2. The van der Waals surface area contributed by atoms with Crippen molar-refractivity contribution in [3.8, 4) is 0 Å². The Morgan fingerprint density at radius 3 is 2.46 bits per heavy atom. The van der Waals surface area contributed by atoms with E-state index in [1.165, 1.54) is 17.0 Å². The summed E-state index contributed by atoms with van der Waals surface area (Å²) in [6.45, 7) is 8.38. The number of hydrogen-bond donors (Lipinski definition) is 2. The first kappa shape index (κ1) is 20.9. The highest BCUT2D eigenvalue weighted by molar-refractivity contribution is 7.89. The summed E-state index contributed by atoms with van der Waals surface area (Å²) in [6, 6.07) is 7.15. The lowest BCUT2D eigenvalue weighted by atomic mass is 10.1. The van der Waals surface area contributed by atoms with Crippen LogP contribution in [0.3, 0.4) is 0 Å². The smallest absolute Gasteiger partial charge is 0.238 e. The summed E-state index contributed by atoms with van der Waals surface area (Å²) in [4.78, 5) is 18.4. The minimum Gasteiger partial charge on any atom is -0.325 e. The highest BCUT2D eigenvalue weighted by atomic mass is 32.2. The summed E-state index contributed by atoms with van der Waals surface area (Å²) in [7, 11) is -3.82. The van der Waals surface area contributed by atoms with Gasteiger partial charge in [0, 0.05) is 43.3 Å². The van der Waals surface area contributed by atoms with Crippen molar-refractivity contribution in [2.75, 3.05) is 38.0 Å². The lowest BCUT2D eigenvalue weighted by molar-refractivity contribution is -0.117. The third-order valence-electron chi connectivity index (χ3n) is 5.04. The average Bonchev–Trinajstić information content (AvgIpc) is 3.12. The molecule has 1 aliphatic heterocycles. The quantitative estimate of drug-likeness (QED) is 0.740. The van der Waals surface area contributed by atoms with Gasteiger partial charge >= 0.3 is 0 Å². The van der Waals surface area contributed by atoms with Gasteiger partial charge in [0.15, 0.2) is 0 Å². The number of nitrogens with zero attached hydrogens (tertiary/aromatic N) is 2. The van der Waals surface area contributed by atoms with Gasteiger partial charge in [0.2, 0.25) is 15.9 Å². The van der Waals surface area contributed by atoms with Crippen LogP contribution in [0.15, 0.2) is 34.5 Å². The van der Waals surface area contributed by atoms with Crippen LogP contribution in [-0.4, -0.2) is 56.8 Å². The fraction of sp³-hybridized carbons (Fsp3) is 0.421. The van der Waals surface area contributed by atoms with Crippen LogP contribution in [0.4, 0.5) is 5.69 Å². The molecule has 1 saturated heterocycles. The number of nitrogens with two attached hydrogens (primary N) is 1. The van der Waals surface area contributed by atoms with E-state index in [2.05, 4.69) is 32.6 Å². The maximum atomic E-state index is 12.5. The fourth-order valence-electron chi connectivity index (χ4n) is 3.24. The SMILES string of the molecule is Cc1cc(S(N)(=O)=O)cc(NC(=O)CN2CCN(Cc3cccs3)CC2)c1C. The number of sulfonamides is 1. The second-order valence-corrected chi connectivity index (χ2v) is 9.73. The van der Waals surface area contributed by atoms with E-state index in [4.69, 9.17) is 5.14 Å². The lowest BCUT2D eigenvalue weighted by Crippen LogP contribution is -2.48. The Balaban J connectivity index is 1.56. The molecule has 152 valence electrons. The summed E-state index contributed by atoms with van der Waals surface area (Å²) in [6.07, 6.45) is 0. The van der Waals surface area contributed by atoms with E-state index in [9.17, 15) is 13.2 Å². The average molecular weight is 423 g/mol. The van der Waals surface area contributed by atoms with E-state index in [1.807, 2.05) is 6.92 Å². The van der Waals surface area contributed by atoms with Gasteiger partial charge in [0.1, 0.15) is 0 Å². The number of aryl methyl sites for hydroxylation is 1. The van der Waals surface area contributed by atoms with Crippen LogP contribution in [0.2, 0.25) is 0 Å². The molecule has 3 N–H and O–H groups in total. The van der Waals surface area contributed by atoms with E-state index >= 15 is 0 Å². The van der Waals surface area contributed by atoms with Gasteiger partial charge < -0.3 is 5.32 Å². The molecule has 3 rings (SSSR count). The summed E-state index contributed by atoms with van der Waals surface area (Å²) in [5, 5.41) is 10.2. The van der Waals surface area contributed by atoms with Crippen LogP contribution in [-0.2, 0) is 21.4 Å². The number of carbonyl (C=O) groups excluding carboxylic acids is 1. The van der Waals surface area contributed by atoms with Gasteiger partial charge in [-0.3, -0.25) is 14.6 Å². The number of rotatable bonds is 6. The van der Waals surface area contributed by atoms with E-state index in [0.717, 1.165) is 43.9 Å². The van der Waals surface area contributed by atoms with Crippen LogP contribution in [0.1, 0.15) is 16.0 Å². The number of anilines is 1. The van der Waals surface area contributed by atoms with Crippen molar-refractivity contribution in [3.63, 3.8) is 0 Å². The van der Waals surface area contributed by atoms with Gasteiger partial charge in [-0.1, -0.05) is 6.07 Å². The minimum absolute atomic E-state index is 0.00749. The van der Waals surface area contributed by atoms with Crippen molar-refractivity contribution in [1.29, 1.82) is 0 Å². The molecule has 2 heterocycles. The Morgan fingerprint density at radius 2 is 1.86 bits per heavy atom. The molecule has 0 unspecified atom stereocenters. The number of piperazine rings is 1. The summed E-state index contributed by atoms with van der Waals surface area (Å²) in [5.41, 5.74) is 2.09. The molecular formula is C19H26N4O3S2. The highest BCUT2D eigenvalue weighted by Crippen LogP contribution is 2.23. The molecule has 1 aromatic carbocycles. The predicted molar refractivity (Wildman–Crippen MR) is 112 cm³/mol. The lowest BCUT2D eigenvalue weighted by Gasteiger charge is -2.34. The van der Waals surface area contributed by atoms with E-state index < -0.39 is 10.0 Å². The Bertz CT molecular complexity index is 934. The molecule has 1 aromatic heterocycles. The molecule has 0 radical (unpaired) electrons. The molecule has 7 nitrogen and oxygen atoms in total. The number of hydrogen-bond acceptors (Lipinski definition) is 6. The van der Waals surface area contributed by atoms with Crippen LogP contribution in [0.5, 0.6) is 0 Å². The largest absolute Gasteiger partial charge is 0.325 e. The standard InChI is InChI=1S/C19H26N4O3S2/c1-14-10-17(28(20,25)26)11-18(15(14)2)21-19(24)13-23-7-5-22(6-8-23)12-16-4-3-9-27-16/h3-4,9-11H,5-8,12-13H2,1-2H3,(H,21,24)(H2,20,25,26). The zero-order chi connectivity index (χ0) is 20.3. The Hall–Kier alpha value is -1.78. The monoisotopic (exact) mass is 422 g/mol. The zero-order valence-electron chi connectivity index (χ0n) is 16.1. The van der Waals surface area contributed by atoms with Crippen LogP contribution >= 0.6 is 11.3 Å². The molecule has 0 spiro atoms. The number of nitrogens with one attached hydrogen (secondary N) is 1. The Morgan fingerprint density at radius 1 is 1.18 bits per heavy atom. The summed E-state index contributed by atoms with van der Waals surface area (Å²) >= 11 is 1.76. The molecule has 0 aliphatic carbocycles. The molecule has 0 atom stereocenters. The molecule has 1 amide bonds. The van der Waals surface area contributed by atoms with Gasteiger partial charge in [0.25, 0.3) is 0 Å². The van der Waals surface area contributed by atoms with Crippen molar-refractivity contribution in [2.24, 2.45) is 5.14 Å². The van der Waals surface area contributed by atoms with Crippen molar-refractivity contribution < 1.29 is 13.2 Å². The molecule has 1 aliphatic rings. The first-order valence-electron chi connectivity index (χ1n) is 9.13. The molecule has 1 fully saturated rings. The van der Waals surface area contributed by atoms with Gasteiger partial charge in [-0.2, -0.15) is 0 Å². The maximum Gasteiger partial charge on any atom is 0.238 e. The van der Waals surface area contributed by atoms with Crippen LogP contribution in [0, 0.1) is 13.8 Å². The first-order valence-corrected chi connectivity index (χ1v) is 11.6. The second kappa shape index (κ2) is 8.71. The third-order valence-corrected chi connectivity index (χ3v) is 6.79. The van der Waals surface area contributed by atoms with Crippen molar-refractivity contribution in [1.82, 2.24) is 9.80 Å². The molecule has 0 bridgehead atoms. The zero-order valence-corrected chi connectivity index (χ0v) is 17.8. The Labute approximate surface area is 170 Å². The first-order chi connectivity index (χ1) is 13.2. The van der Waals surface area contributed by atoms with E-state index in [-0.39, 0.29) is 17.3 Å². The van der Waals surface area contributed by atoms with Gasteiger partial charge in [0.05, 0.1) is 11.4 Å². The van der Waals surface area contributed by atoms with Crippen LogP contribution < -0.4 is 10.5 Å². The topological polar surface area (TPSA) is 95.7 Å². The van der Waals surface area contributed by atoms with E-state index in [1.54, 1.807) is 18.3 Å². The Kier molecular flexibility index (Phi) is 6.51. The van der Waals surface area contributed by atoms with Crippen molar-refractivity contribution >= 4 is 33.0 Å². The number of benzene rings is 1. The number of primary sulfonamides is 1. The number of carbonyl (C=O) groups is 1. The fourth-order valence-corrected chi connectivity index (χ4v) is 4.61. The maximum absolute atomic E-state index is 12.5. The minimum atomic E-state index is -3.82. The highest BCUT2D eigenvalue weighted by Gasteiger charge is 2.20. The molecular weight excluding hydrogens is 396 g/mol. The molecule has 2 aromatic rings. The number of thiophene rings is 1. The molecule has 28 heavy (non-hydrogen) atoms. The number of amides is 1. The van der Waals surface area contributed by atoms with Crippen LogP contribution in [0.25, 0.3) is 0 Å². The predicted octanol–water partition coefficient (Wildman–Crippen LogP) is 1.77. The van der Waals surface area contributed by atoms with E-state index in [0.29, 0.717) is 5.69 Å². The molecule has 9 heteroatoms.